The fraction of sp³-hybridized carbons (Fsp3) is 0.333. The van der Waals surface area contributed by atoms with Gasteiger partial charge in [-0.25, -0.2) is 8.78 Å². The van der Waals surface area contributed by atoms with Crippen LogP contribution in [0.4, 0.5) is 32.3 Å². The van der Waals surface area contributed by atoms with E-state index in [1.807, 2.05) is 13.0 Å². The Morgan fingerprint density at radius 2 is 1.09 bits per heavy atom. The molecule has 2 aliphatic carbocycles. The van der Waals surface area contributed by atoms with Crippen molar-refractivity contribution in [3.63, 3.8) is 0 Å². The molecule has 3 N–H and O–H groups in total. The first kappa shape index (κ1) is 32.1. The van der Waals surface area contributed by atoms with Crippen molar-refractivity contribution in [2.24, 2.45) is 0 Å². The van der Waals surface area contributed by atoms with E-state index in [1.165, 1.54) is 26.4 Å². The molecule has 2 aromatic heterocycles. The van der Waals surface area contributed by atoms with Crippen LogP contribution in [0.3, 0.4) is 0 Å². The lowest BCUT2D eigenvalue weighted by atomic mass is 10.2. The van der Waals surface area contributed by atoms with Gasteiger partial charge in [0, 0.05) is 23.8 Å². The first-order valence-corrected chi connectivity index (χ1v) is 14.2. The highest BCUT2D eigenvalue weighted by Gasteiger charge is 2.25. The summed E-state index contributed by atoms with van der Waals surface area (Å²) in [6.07, 6.45) is 4.51. The largest absolute Gasteiger partial charge is 0.494 e. The summed E-state index contributed by atoms with van der Waals surface area (Å²) in [7, 11) is 2.89. The molecule has 0 aliphatic heterocycles. The zero-order valence-corrected chi connectivity index (χ0v) is 25.6. The van der Waals surface area contributed by atoms with Gasteiger partial charge in [0.2, 0.25) is 33.7 Å². The number of halogens is 5. The number of aromatic nitrogens is 6. The highest BCUT2D eigenvalue weighted by molar-refractivity contribution is 6.33. The van der Waals surface area contributed by atoms with Crippen LogP contribution in [0.2, 0.25) is 15.9 Å². The molecule has 2 aromatic carbocycles. The van der Waals surface area contributed by atoms with E-state index in [2.05, 4.69) is 45.9 Å². The third-order valence-electron chi connectivity index (χ3n) is 5.73. The lowest BCUT2D eigenvalue weighted by Crippen LogP contribution is -2.13. The van der Waals surface area contributed by atoms with Crippen molar-refractivity contribution in [1.82, 2.24) is 29.9 Å². The molecule has 0 saturated heterocycles. The van der Waals surface area contributed by atoms with Crippen LogP contribution in [0.1, 0.15) is 31.2 Å². The Labute approximate surface area is 261 Å². The highest BCUT2D eigenvalue weighted by atomic mass is 35.5. The van der Waals surface area contributed by atoms with E-state index < -0.39 is 5.82 Å². The molecular formula is C27H28Cl3F2N9O2. The number of hydrogen-bond donors (Lipinski definition) is 3. The van der Waals surface area contributed by atoms with Crippen molar-refractivity contribution in [1.29, 1.82) is 0 Å². The van der Waals surface area contributed by atoms with Gasteiger partial charge in [-0.05, 0) is 97.2 Å². The third-order valence-corrected chi connectivity index (χ3v) is 6.23. The van der Waals surface area contributed by atoms with Crippen molar-refractivity contribution < 1.29 is 18.3 Å². The summed E-state index contributed by atoms with van der Waals surface area (Å²) in [5, 5.41) is 9.57. The van der Waals surface area contributed by atoms with Crippen LogP contribution in [0.15, 0.2) is 36.4 Å². The van der Waals surface area contributed by atoms with Gasteiger partial charge >= 0.3 is 0 Å². The first-order valence-electron chi connectivity index (χ1n) is 13.0. The maximum absolute atomic E-state index is 13.8. The number of rotatable bonds is 8. The summed E-state index contributed by atoms with van der Waals surface area (Å²) in [5.74, 6) is 1.20. The van der Waals surface area contributed by atoms with Crippen LogP contribution in [-0.4, -0.2) is 56.2 Å². The average Bonchev–Trinajstić information content (AvgIpc) is 3.87. The number of hydrogen-bond acceptors (Lipinski definition) is 11. The first-order chi connectivity index (χ1) is 20.6. The average molecular weight is 655 g/mol. The van der Waals surface area contributed by atoms with Gasteiger partial charge in [-0.2, -0.15) is 29.9 Å². The molecule has 0 atom stereocenters. The SMILES string of the molecule is COc1ccc(C)cc1F.COc1ccc(Nc2nc(NC3CC3)nc(NC3CC3)n2)cc1F.Clc1nc(Cl)nc(Cl)n1. The van der Waals surface area contributed by atoms with Crippen LogP contribution in [-0.2, 0) is 0 Å². The fourth-order valence-corrected chi connectivity index (χ4v) is 3.94. The molecule has 6 rings (SSSR count). The second-order valence-corrected chi connectivity index (χ2v) is 10.4. The van der Waals surface area contributed by atoms with Crippen molar-refractivity contribution in [3.8, 4) is 11.5 Å². The lowest BCUT2D eigenvalue weighted by molar-refractivity contribution is 0.386. The molecule has 16 heteroatoms. The molecule has 0 unspecified atom stereocenters. The summed E-state index contributed by atoms with van der Waals surface area (Å²) in [6.45, 7) is 1.84. The van der Waals surface area contributed by atoms with Crippen LogP contribution in [0, 0.1) is 18.6 Å². The number of methoxy groups -OCH3 is 2. The smallest absolute Gasteiger partial charge is 0.233 e. The minimum atomic E-state index is -0.441. The number of nitrogens with zero attached hydrogens (tertiary/aromatic N) is 6. The fourth-order valence-electron chi connectivity index (χ4n) is 3.33. The topological polar surface area (TPSA) is 132 Å². The van der Waals surface area contributed by atoms with Crippen molar-refractivity contribution in [2.45, 2.75) is 44.7 Å². The van der Waals surface area contributed by atoms with Crippen LogP contribution >= 0.6 is 34.8 Å². The van der Waals surface area contributed by atoms with Gasteiger partial charge in [0.05, 0.1) is 14.2 Å². The number of nitrogens with one attached hydrogen (secondary N) is 3. The molecule has 0 spiro atoms. The van der Waals surface area contributed by atoms with E-state index in [1.54, 1.807) is 18.2 Å². The Bertz CT molecular complexity index is 1460. The van der Waals surface area contributed by atoms with Crippen molar-refractivity contribution >= 4 is 58.3 Å². The van der Waals surface area contributed by atoms with Gasteiger partial charge in [-0.15, -0.1) is 0 Å². The number of ether oxygens (including phenoxy) is 2. The van der Waals surface area contributed by atoms with E-state index in [0.29, 0.717) is 41.4 Å². The molecule has 2 heterocycles. The molecule has 4 aromatic rings. The van der Waals surface area contributed by atoms with Gasteiger partial charge in [0.1, 0.15) is 0 Å². The zero-order chi connectivity index (χ0) is 30.9. The summed E-state index contributed by atoms with van der Waals surface area (Å²) >= 11 is 16.0. The Morgan fingerprint density at radius 3 is 1.51 bits per heavy atom. The molecule has 11 nitrogen and oxygen atoms in total. The number of benzene rings is 2. The summed E-state index contributed by atoms with van der Waals surface area (Å²) in [5.41, 5.74) is 1.45. The quantitative estimate of drug-likeness (QED) is 0.184. The molecule has 2 aliphatic rings. The van der Waals surface area contributed by atoms with Crippen molar-refractivity contribution in [3.05, 3.63) is 69.4 Å². The number of aryl methyl sites for hydroxylation is 1. The van der Waals surface area contributed by atoms with E-state index in [0.717, 1.165) is 31.2 Å². The highest BCUT2D eigenvalue weighted by Crippen LogP contribution is 2.28. The van der Waals surface area contributed by atoms with Gasteiger partial charge in [0.25, 0.3) is 0 Å². The second-order valence-electron chi connectivity index (χ2n) is 9.40. The third kappa shape index (κ3) is 10.8. The van der Waals surface area contributed by atoms with Crippen LogP contribution in [0.25, 0.3) is 0 Å². The molecule has 0 bridgehead atoms. The Kier molecular flexibility index (Phi) is 11.3. The lowest BCUT2D eigenvalue weighted by Gasteiger charge is -2.11. The normalized spacial score (nSPS) is 13.5. The monoisotopic (exact) mass is 653 g/mol. The summed E-state index contributed by atoms with van der Waals surface area (Å²) in [4.78, 5) is 23.5. The van der Waals surface area contributed by atoms with Gasteiger partial charge in [-0.3, -0.25) is 0 Å². The van der Waals surface area contributed by atoms with E-state index >= 15 is 0 Å². The van der Waals surface area contributed by atoms with Gasteiger partial charge < -0.3 is 25.4 Å². The van der Waals surface area contributed by atoms with Crippen molar-refractivity contribution in [2.75, 3.05) is 30.2 Å². The summed E-state index contributed by atoms with van der Waals surface area (Å²) in [6, 6.07) is 10.4. The maximum Gasteiger partial charge on any atom is 0.233 e. The molecule has 43 heavy (non-hydrogen) atoms. The Balaban J connectivity index is 0.000000183. The Morgan fingerprint density at radius 1 is 0.651 bits per heavy atom. The standard InChI is InChI=1S/C16H19FN6O.C8H9FO.C3Cl3N3/c1-24-13-7-6-11(8-12(13)17)20-16-22-14(18-9-2-3-9)21-15(23-16)19-10-4-5-10;1-6-3-4-8(10-2)7(9)5-6;4-1-7-2(5)9-3(6)8-1/h6-10H,2-5H2,1H3,(H3,18,19,20,21,22,23);3-5H,1-2H3;. The molecule has 0 amide bonds. The molecule has 0 radical (unpaired) electrons. The second kappa shape index (κ2) is 15.1. The van der Waals surface area contributed by atoms with Gasteiger partial charge in [0.15, 0.2) is 23.1 Å². The minimum absolute atomic E-state index is 0.000000000000000444. The van der Waals surface area contributed by atoms with E-state index in [9.17, 15) is 8.78 Å². The van der Waals surface area contributed by atoms with Gasteiger partial charge in [-0.1, -0.05) is 6.07 Å². The summed E-state index contributed by atoms with van der Waals surface area (Å²) < 4.78 is 36.2. The molecule has 2 fully saturated rings. The Hall–Kier alpha value is -3.81. The number of anilines is 4. The molecule has 2 saturated carbocycles. The maximum atomic E-state index is 13.8. The van der Waals surface area contributed by atoms with Crippen LogP contribution in [0.5, 0.6) is 11.5 Å². The zero-order valence-electron chi connectivity index (χ0n) is 23.3. The van der Waals surface area contributed by atoms with E-state index in [-0.39, 0.29) is 27.4 Å². The van der Waals surface area contributed by atoms with Crippen LogP contribution < -0.4 is 25.4 Å². The molecule has 228 valence electrons. The minimum Gasteiger partial charge on any atom is -0.494 e. The van der Waals surface area contributed by atoms with E-state index in [4.69, 9.17) is 44.3 Å². The molecular weight excluding hydrogens is 627 g/mol. The predicted molar refractivity (Wildman–Crippen MR) is 162 cm³/mol. The predicted octanol–water partition coefficient (Wildman–Crippen LogP) is 6.89.